The first-order valence-electron chi connectivity index (χ1n) is 9.68. The molecule has 0 bridgehead atoms. The van der Waals surface area contributed by atoms with Gasteiger partial charge in [0.2, 0.25) is 0 Å². The molecule has 0 aromatic carbocycles. The third-order valence-corrected chi connectivity index (χ3v) is 7.25. The third-order valence-electron chi connectivity index (χ3n) is 5.05. The number of halogens is 1. The van der Waals surface area contributed by atoms with Crippen molar-refractivity contribution in [2.45, 2.75) is 64.4 Å². The molecule has 0 spiro atoms. The Balaban J connectivity index is 1.79. The first kappa shape index (κ1) is 22.9. The molecule has 1 heterocycles. The average Bonchev–Trinajstić information content (AvgIpc) is 3.16. The number of aliphatic carboxylic acids is 1. The number of hydrogen-bond donors (Lipinski definition) is 2. The number of aryl methyl sites for hydroxylation is 2. The summed E-state index contributed by atoms with van der Waals surface area (Å²) in [5.41, 5.74) is 0. The van der Waals surface area contributed by atoms with E-state index in [1.807, 2.05) is 6.08 Å². The van der Waals surface area contributed by atoms with Crippen LogP contribution < -0.4 is 0 Å². The molecule has 0 radical (unpaired) electrons. The molecule has 2 N–H and O–H groups in total. The van der Waals surface area contributed by atoms with Gasteiger partial charge in [-0.3, -0.25) is 9.59 Å². The summed E-state index contributed by atoms with van der Waals surface area (Å²) in [5, 5.41) is 18.8. The zero-order chi connectivity index (χ0) is 20.5. The number of unbranched alkanes of at least 4 members (excludes halogenated alkanes) is 1. The van der Waals surface area contributed by atoms with E-state index < -0.39 is 5.97 Å². The van der Waals surface area contributed by atoms with Gasteiger partial charge in [0.15, 0.2) is 5.78 Å². The standard InChI is InChI=1S/C22H27BrO4S/c1-15-20(23)14-18(28-15)12-11-17(24)10-8-16-9-13-21(25)19(16)6-4-2-3-5-7-22(26)27/h8,10,14,16,19,21,25H,3,5-7,9,11-13H2,1H3,(H,26,27)/b10-8+/t16-,19+,21?/m0/s1. The van der Waals surface area contributed by atoms with Gasteiger partial charge in [-0.1, -0.05) is 6.08 Å². The lowest BCUT2D eigenvalue weighted by atomic mass is 9.91. The van der Waals surface area contributed by atoms with Crippen LogP contribution >= 0.6 is 27.3 Å². The Morgan fingerprint density at radius 1 is 1.32 bits per heavy atom. The van der Waals surface area contributed by atoms with Crippen molar-refractivity contribution in [2.75, 3.05) is 0 Å². The van der Waals surface area contributed by atoms with Gasteiger partial charge in [-0.2, -0.15) is 0 Å². The maximum Gasteiger partial charge on any atom is 0.303 e. The van der Waals surface area contributed by atoms with Gasteiger partial charge in [-0.15, -0.1) is 23.2 Å². The Morgan fingerprint density at radius 3 is 2.79 bits per heavy atom. The molecule has 1 aromatic rings. The van der Waals surface area contributed by atoms with Crippen LogP contribution in [0.4, 0.5) is 0 Å². The van der Waals surface area contributed by atoms with Gasteiger partial charge in [0.25, 0.3) is 0 Å². The number of thiophene rings is 1. The molecular weight excluding hydrogens is 440 g/mol. The van der Waals surface area contributed by atoms with Crippen molar-refractivity contribution in [3.05, 3.63) is 32.4 Å². The summed E-state index contributed by atoms with van der Waals surface area (Å²) in [6, 6.07) is 2.08. The summed E-state index contributed by atoms with van der Waals surface area (Å²) in [6.45, 7) is 2.06. The molecule has 0 saturated heterocycles. The van der Waals surface area contributed by atoms with E-state index in [9.17, 15) is 14.7 Å². The summed E-state index contributed by atoms with van der Waals surface area (Å²) in [5.74, 6) is 5.61. The Labute approximate surface area is 179 Å². The maximum atomic E-state index is 12.2. The van der Waals surface area contributed by atoms with Gasteiger partial charge in [-0.25, -0.2) is 0 Å². The van der Waals surface area contributed by atoms with Crippen molar-refractivity contribution in [3.8, 4) is 11.8 Å². The van der Waals surface area contributed by atoms with Crippen LogP contribution in [-0.2, 0) is 16.0 Å². The fraction of sp³-hybridized carbons (Fsp3) is 0.545. The first-order valence-corrected chi connectivity index (χ1v) is 11.3. The fourth-order valence-corrected chi connectivity index (χ4v) is 5.01. The van der Waals surface area contributed by atoms with Crippen molar-refractivity contribution in [2.24, 2.45) is 11.8 Å². The van der Waals surface area contributed by atoms with Gasteiger partial charge in [0.1, 0.15) is 0 Å². The van der Waals surface area contributed by atoms with Crippen LogP contribution in [-0.4, -0.2) is 28.1 Å². The van der Waals surface area contributed by atoms with Crippen LogP contribution in [0.15, 0.2) is 22.7 Å². The van der Waals surface area contributed by atoms with Crippen molar-refractivity contribution < 1.29 is 19.8 Å². The second-order valence-corrected chi connectivity index (χ2v) is 9.41. The summed E-state index contributed by atoms with van der Waals surface area (Å²) in [6.07, 6.45) is 7.91. The number of rotatable bonds is 9. The van der Waals surface area contributed by atoms with Crippen LogP contribution in [0.5, 0.6) is 0 Å². The zero-order valence-electron chi connectivity index (χ0n) is 16.1. The number of carboxylic acid groups (broad SMARTS) is 1. The maximum absolute atomic E-state index is 12.2. The zero-order valence-corrected chi connectivity index (χ0v) is 18.5. The van der Waals surface area contributed by atoms with Crippen molar-refractivity contribution >= 4 is 39.0 Å². The second kappa shape index (κ2) is 11.5. The Hall–Kier alpha value is -1.42. The highest BCUT2D eigenvalue weighted by molar-refractivity contribution is 9.10. The van der Waals surface area contributed by atoms with Crippen LogP contribution in [0.3, 0.4) is 0 Å². The number of allylic oxidation sites excluding steroid dienone is 2. The van der Waals surface area contributed by atoms with Gasteiger partial charge >= 0.3 is 5.97 Å². The molecule has 1 unspecified atom stereocenters. The molecule has 1 aliphatic rings. The number of aliphatic hydroxyl groups excluding tert-OH is 1. The molecule has 1 fully saturated rings. The molecule has 0 amide bonds. The number of hydrogen-bond acceptors (Lipinski definition) is 4. The van der Waals surface area contributed by atoms with Crippen LogP contribution in [0, 0.1) is 30.6 Å². The number of aliphatic hydroxyl groups is 1. The lowest BCUT2D eigenvalue weighted by Gasteiger charge is -2.16. The molecule has 1 aromatic heterocycles. The summed E-state index contributed by atoms with van der Waals surface area (Å²) in [7, 11) is 0. The number of ketones is 1. The van der Waals surface area contributed by atoms with E-state index in [0.29, 0.717) is 25.7 Å². The number of carbonyl (C=O) groups is 2. The summed E-state index contributed by atoms with van der Waals surface area (Å²) in [4.78, 5) is 25.1. The molecule has 0 aliphatic heterocycles. The lowest BCUT2D eigenvalue weighted by Crippen LogP contribution is -2.17. The van der Waals surface area contributed by atoms with Crippen LogP contribution in [0.2, 0.25) is 0 Å². The highest BCUT2D eigenvalue weighted by atomic mass is 79.9. The number of carbonyl (C=O) groups excluding carboxylic acids is 1. The number of carboxylic acids is 1. The highest BCUT2D eigenvalue weighted by Crippen LogP contribution is 2.35. The first-order chi connectivity index (χ1) is 13.4. The minimum atomic E-state index is -0.801. The van der Waals surface area contributed by atoms with Gasteiger partial charge in [0.05, 0.1) is 6.10 Å². The van der Waals surface area contributed by atoms with Crippen molar-refractivity contribution in [1.29, 1.82) is 0 Å². The van der Waals surface area contributed by atoms with E-state index in [2.05, 4.69) is 40.8 Å². The summed E-state index contributed by atoms with van der Waals surface area (Å²) < 4.78 is 1.10. The quantitative estimate of drug-likeness (QED) is 0.307. The predicted octanol–water partition coefficient (Wildman–Crippen LogP) is 4.91. The van der Waals surface area contributed by atoms with E-state index >= 15 is 0 Å². The molecule has 6 heteroatoms. The molecule has 2 rings (SSSR count). The Kier molecular flexibility index (Phi) is 9.43. The monoisotopic (exact) mass is 466 g/mol. The molecule has 152 valence electrons. The van der Waals surface area contributed by atoms with E-state index in [1.165, 1.54) is 9.75 Å². The smallest absolute Gasteiger partial charge is 0.303 e. The van der Waals surface area contributed by atoms with E-state index in [0.717, 1.165) is 23.7 Å². The Bertz CT molecular complexity index is 752. The SMILES string of the molecule is Cc1sc(CCC(=O)/C=C/[C@H]2CCC(O)[C@@H]2CC#CCCCC(=O)O)cc1Br. The molecule has 28 heavy (non-hydrogen) atoms. The summed E-state index contributed by atoms with van der Waals surface area (Å²) >= 11 is 5.21. The minimum Gasteiger partial charge on any atom is -0.481 e. The average molecular weight is 467 g/mol. The van der Waals surface area contributed by atoms with Crippen LogP contribution in [0.25, 0.3) is 0 Å². The van der Waals surface area contributed by atoms with Crippen molar-refractivity contribution in [3.63, 3.8) is 0 Å². The largest absolute Gasteiger partial charge is 0.481 e. The third kappa shape index (κ3) is 7.54. The molecule has 1 saturated carbocycles. The second-order valence-electron chi connectivity index (χ2n) is 7.22. The van der Waals surface area contributed by atoms with Gasteiger partial charge in [-0.05, 0) is 66.6 Å². The predicted molar refractivity (Wildman–Crippen MR) is 115 cm³/mol. The van der Waals surface area contributed by atoms with E-state index in [4.69, 9.17) is 5.11 Å². The van der Waals surface area contributed by atoms with E-state index in [-0.39, 0.29) is 30.1 Å². The van der Waals surface area contributed by atoms with Gasteiger partial charge < -0.3 is 10.2 Å². The molecule has 3 atom stereocenters. The normalized spacial score (nSPS) is 21.6. The highest BCUT2D eigenvalue weighted by Gasteiger charge is 2.32. The lowest BCUT2D eigenvalue weighted by molar-refractivity contribution is -0.137. The van der Waals surface area contributed by atoms with Crippen molar-refractivity contribution in [1.82, 2.24) is 0 Å². The van der Waals surface area contributed by atoms with Gasteiger partial charge in [0, 0.05) is 45.8 Å². The Morgan fingerprint density at radius 2 is 2.11 bits per heavy atom. The minimum absolute atomic E-state index is 0.0481. The molecule has 1 aliphatic carbocycles. The topological polar surface area (TPSA) is 74.6 Å². The van der Waals surface area contributed by atoms with E-state index in [1.54, 1.807) is 17.4 Å². The van der Waals surface area contributed by atoms with Crippen LogP contribution in [0.1, 0.15) is 54.7 Å². The fourth-order valence-electron chi connectivity index (χ4n) is 3.41. The molecule has 4 nitrogen and oxygen atoms in total. The molecular formula is C22H27BrO4S.